The van der Waals surface area contributed by atoms with Crippen LogP contribution in [0, 0.1) is 10.1 Å². The predicted molar refractivity (Wildman–Crippen MR) is 83.8 cm³/mol. The van der Waals surface area contributed by atoms with Gasteiger partial charge in [-0.3, -0.25) is 14.3 Å². The van der Waals surface area contributed by atoms with Gasteiger partial charge in [-0.15, -0.1) is 0 Å². The zero-order valence-electron chi connectivity index (χ0n) is 12.8. The summed E-state index contributed by atoms with van der Waals surface area (Å²) in [6, 6.07) is 5.04. The van der Waals surface area contributed by atoms with E-state index in [9.17, 15) is 31.7 Å². The quantitative estimate of drug-likeness (QED) is 0.411. The van der Waals surface area contributed by atoms with Crippen molar-refractivity contribution in [3.05, 3.63) is 57.1 Å². The van der Waals surface area contributed by atoms with Crippen LogP contribution in [0.3, 0.4) is 0 Å². The van der Waals surface area contributed by atoms with Crippen LogP contribution in [-0.2, 0) is 20.5 Å². The molecule has 12 heteroatoms. The Kier molecular flexibility index (Phi) is 5.44. The summed E-state index contributed by atoms with van der Waals surface area (Å²) in [5, 5.41) is 10.6. The summed E-state index contributed by atoms with van der Waals surface area (Å²) >= 11 is 5.75. The summed E-state index contributed by atoms with van der Waals surface area (Å²) in [6.45, 7) is 0. The fraction of sp³-hybridized carbons (Fsp3) is 0.143. The van der Waals surface area contributed by atoms with Crippen LogP contribution in [0.1, 0.15) is 5.56 Å². The largest absolute Gasteiger partial charge is 0.456 e. The number of halogens is 4. The molecule has 0 unspecified atom stereocenters. The topological polar surface area (TPSA) is 95.7 Å². The number of nitrogens with zero attached hydrogens (tertiary/aromatic N) is 1. The first-order valence-electron chi connectivity index (χ1n) is 6.59. The van der Waals surface area contributed by atoms with Crippen LogP contribution in [0.5, 0.6) is 11.5 Å². The summed E-state index contributed by atoms with van der Waals surface area (Å²) in [5.41, 5.74) is -1.75. The number of ether oxygens (including phenoxy) is 1. The fourth-order valence-corrected chi connectivity index (χ4v) is 2.94. The molecule has 0 atom stereocenters. The molecule has 140 valence electrons. The lowest BCUT2D eigenvalue weighted by molar-refractivity contribution is -0.387. The van der Waals surface area contributed by atoms with Gasteiger partial charge in [0.15, 0.2) is 4.90 Å². The molecule has 0 aliphatic heterocycles. The van der Waals surface area contributed by atoms with Crippen LogP contribution in [-0.4, -0.2) is 20.5 Å². The number of benzene rings is 2. The van der Waals surface area contributed by atoms with Gasteiger partial charge in [0.05, 0.1) is 22.6 Å². The maximum Gasteiger partial charge on any atom is 0.416 e. The molecule has 0 aromatic heterocycles. The molecule has 0 aliphatic rings. The van der Waals surface area contributed by atoms with Crippen LogP contribution in [0.2, 0.25) is 5.02 Å². The van der Waals surface area contributed by atoms with Crippen molar-refractivity contribution in [2.75, 3.05) is 7.11 Å². The highest BCUT2D eigenvalue weighted by Crippen LogP contribution is 2.37. The van der Waals surface area contributed by atoms with Crippen molar-refractivity contribution < 1.29 is 35.4 Å². The highest BCUT2D eigenvalue weighted by atomic mass is 35.5. The van der Waals surface area contributed by atoms with E-state index in [1.54, 1.807) is 0 Å². The number of hydrogen-bond donors (Lipinski definition) is 0. The lowest BCUT2D eigenvalue weighted by Gasteiger charge is -2.12. The molecule has 0 saturated heterocycles. The first-order valence-corrected chi connectivity index (χ1v) is 8.38. The smallest absolute Gasteiger partial charge is 0.416 e. The molecule has 0 radical (unpaired) electrons. The van der Waals surface area contributed by atoms with Gasteiger partial charge < -0.3 is 4.74 Å². The Balaban J connectivity index is 2.45. The van der Waals surface area contributed by atoms with E-state index in [2.05, 4.69) is 4.18 Å². The average Bonchev–Trinajstić information content (AvgIpc) is 2.55. The Hall–Kier alpha value is -2.37. The molecule has 2 aromatic carbocycles. The molecule has 0 aliphatic carbocycles. The second kappa shape index (κ2) is 7.09. The van der Waals surface area contributed by atoms with Gasteiger partial charge in [0.1, 0.15) is 11.5 Å². The van der Waals surface area contributed by atoms with Crippen molar-refractivity contribution in [2.24, 2.45) is 0 Å². The van der Waals surface area contributed by atoms with Crippen LogP contribution in [0.25, 0.3) is 0 Å². The summed E-state index contributed by atoms with van der Waals surface area (Å²) in [5.74, 6) is -0.401. The maximum atomic E-state index is 12.6. The Morgan fingerprint density at radius 1 is 1.15 bits per heavy atom. The summed E-state index contributed by atoms with van der Waals surface area (Å²) in [7, 11) is -3.61. The van der Waals surface area contributed by atoms with Gasteiger partial charge in [0.25, 0.3) is 5.69 Å². The molecule has 2 aromatic rings. The van der Waals surface area contributed by atoms with E-state index in [-0.39, 0.29) is 16.5 Å². The predicted octanol–water partition coefficient (Wildman–Crippen LogP) is 4.39. The molecule has 0 bridgehead atoms. The summed E-state index contributed by atoms with van der Waals surface area (Å²) in [6.07, 6.45) is -4.60. The number of nitro groups is 1. The second-order valence-corrected chi connectivity index (χ2v) is 6.84. The van der Waals surface area contributed by atoms with Gasteiger partial charge in [0, 0.05) is 12.1 Å². The Bertz CT molecular complexity index is 962. The van der Waals surface area contributed by atoms with Gasteiger partial charge in [0.2, 0.25) is 0 Å². The Morgan fingerprint density at radius 3 is 2.31 bits per heavy atom. The van der Waals surface area contributed by atoms with Crippen molar-refractivity contribution in [1.29, 1.82) is 0 Å². The third-order valence-corrected chi connectivity index (χ3v) is 4.70. The Labute approximate surface area is 150 Å². The monoisotopic (exact) mass is 411 g/mol. The maximum absolute atomic E-state index is 12.6. The van der Waals surface area contributed by atoms with Gasteiger partial charge in [-0.25, -0.2) is 0 Å². The van der Waals surface area contributed by atoms with Gasteiger partial charge in [-0.05, 0) is 24.3 Å². The van der Waals surface area contributed by atoms with E-state index in [4.69, 9.17) is 16.3 Å². The number of hydrogen-bond acceptors (Lipinski definition) is 6. The summed E-state index contributed by atoms with van der Waals surface area (Å²) < 4.78 is 71.0. The van der Waals surface area contributed by atoms with E-state index in [1.165, 1.54) is 0 Å². The van der Waals surface area contributed by atoms with E-state index >= 15 is 0 Å². The molecule has 0 spiro atoms. The molecule has 2 rings (SSSR count). The minimum atomic E-state index is -4.60. The van der Waals surface area contributed by atoms with Crippen molar-refractivity contribution in [3.63, 3.8) is 0 Å². The Morgan fingerprint density at radius 2 is 1.81 bits per heavy atom. The third kappa shape index (κ3) is 4.23. The molecule has 0 fully saturated rings. The molecular formula is C14H9ClF3NO6S. The van der Waals surface area contributed by atoms with Gasteiger partial charge >= 0.3 is 16.3 Å². The van der Waals surface area contributed by atoms with Crippen LogP contribution in [0.15, 0.2) is 41.3 Å². The normalized spacial score (nSPS) is 12.0. The van der Waals surface area contributed by atoms with Crippen LogP contribution >= 0.6 is 11.6 Å². The van der Waals surface area contributed by atoms with Crippen molar-refractivity contribution in [1.82, 2.24) is 0 Å². The molecule has 0 heterocycles. The van der Waals surface area contributed by atoms with E-state index in [1.807, 2.05) is 0 Å². The second-order valence-electron chi connectivity index (χ2n) is 4.75. The standard InChI is InChI=1S/C14H9ClF3NO6S/c1-24-26(22,23)13-7-9(3-4-11(13)19(20)21)25-12-5-2-8(6-10(12)15)14(16,17)18/h2-7H,1H3. The molecule has 26 heavy (non-hydrogen) atoms. The lowest BCUT2D eigenvalue weighted by Crippen LogP contribution is -2.07. The highest BCUT2D eigenvalue weighted by Gasteiger charge is 2.31. The highest BCUT2D eigenvalue weighted by molar-refractivity contribution is 7.86. The zero-order chi connectivity index (χ0) is 19.7. The van der Waals surface area contributed by atoms with Gasteiger partial charge in [-0.2, -0.15) is 21.6 Å². The average molecular weight is 412 g/mol. The molecule has 0 N–H and O–H groups in total. The first kappa shape index (κ1) is 19.9. The first-order chi connectivity index (χ1) is 12.0. The van der Waals surface area contributed by atoms with E-state index in [0.29, 0.717) is 6.07 Å². The SMILES string of the molecule is COS(=O)(=O)c1cc(Oc2ccc(C(F)(F)F)cc2Cl)ccc1[N+](=O)[O-]. The molecule has 0 saturated carbocycles. The number of rotatable bonds is 5. The van der Waals surface area contributed by atoms with E-state index in [0.717, 1.165) is 37.4 Å². The minimum Gasteiger partial charge on any atom is -0.456 e. The van der Waals surface area contributed by atoms with Gasteiger partial charge in [-0.1, -0.05) is 11.6 Å². The molecule has 7 nitrogen and oxygen atoms in total. The van der Waals surface area contributed by atoms with Crippen molar-refractivity contribution >= 4 is 27.4 Å². The lowest BCUT2D eigenvalue weighted by atomic mass is 10.2. The number of alkyl halides is 3. The number of nitro benzene ring substituents is 1. The van der Waals surface area contributed by atoms with Crippen LogP contribution < -0.4 is 4.74 Å². The van der Waals surface area contributed by atoms with Crippen molar-refractivity contribution in [3.8, 4) is 11.5 Å². The fourth-order valence-electron chi connectivity index (χ4n) is 1.89. The van der Waals surface area contributed by atoms with Crippen LogP contribution in [0.4, 0.5) is 18.9 Å². The molecular weight excluding hydrogens is 403 g/mol. The molecule has 0 amide bonds. The minimum absolute atomic E-state index is 0.200. The van der Waals surface area contributed by atoms with E-state index < -0.39 is 37.4 Å². The summed E-state index contributed by atoms with van der Waals surface area (Å²) in [4.78, 5) is 9.25. The van der Waals surface area contributed by atoms with Crippen molar-refractivity contribution in [2.45, 2.75) is 11.1 Å². The third-order valence-electron chi connectivity index (χ3n) is 3.10. The zero-order valence-corrected chi connectivity index (χ0v) is 14.4.